The Morgan fingerprint density at radius 3 is 2.22 bits per heavy atom. The van der Waals surface area contributed by atoms with Gasteiger partial charge < -0.3 is 22.7 Å². The van der Waals surface area contributed by atoms with Gasteiger partial charge in [-0.25, -0.2) is 13.5 Å². The number of rotatable bonds is 7. The number of carbonyl (C=O) groups is 1. The first-order chi connectivity index (χ1) is 17.0. The second-order valence-corrected chi connectivity index (χ2v) is 9.58. The van der Waals surface area contributed by atoms with Gasteiger partial charge in [-0.15, -0.1) is 0 Å². The van der Waals surface area contributed by atoms with E-state index in [1.54, 1.807) is 12.1 Å². The first-order valence-corrected chi connectivity index (χ1v) is 12.2. The molecule has 1 amide bonds. The predicted molar refractivity (Wildman–Crippen MR) is 134 cm³/mol. The van der Waals surface area contributed by atoms with Gasteiger partial charge in [0.25, 0.3) is 5.82 Å². The van der Waals surface area contributed by atoms with Crippen LogP contribution in [0.1, 0.15) is 47.8 Å². The van der Waals surface area contributed by atoms with Gasteiger partial charge in [0.15, 0.2) is 0 Å². The van der Waals surface area contributed by atoms with E-state index in [1.165, 1.54) is 6.07 Å². The third kappa shape index (κ3) is 4.62. The number of nitrogens with two attached hydrogens (primary N) is 1. The van der Waals surface area contributed by atoms with Gasteiger partial charge in [0.2, 0.25) is 5.91 Å². The van der Waals surface area contributed by atoms with Gasteiger partial charge in [-0.3, -0.25) is 4.79 Å². The Kier molecular flexibility index (Phi) is 7.74. The molecule has 0 saturated heterocycles. The molecule has 0 spiro atoms. The Hall–Kier alpha value is -3.25. The van der Waals surface area contributed by atoms with E-state index in [0.29, 0.717) is 6.54 Å². The number of primary amides is 1. The van der Waals surface area contributed by atoms with Crippen LogP contribution in [0.2, 0.25) is 0 Å². The van der Waals surface area contributed by atoms with E-state index in [2.05, 4.69) is 28.5 Å². The quantitative estimate of drug-likeness (QED) is 0.354. The summed E-state index contributed by atoms with van der Waals surface area (Å²) in [4.78, 5) is 13.3. The van der Waals surface area contributed by atoms with Crippen molar-refractivity contribution < 1.29 is 30.7 Å². The molecule has 36 heavy (non-hydrogen) atoms. The van der Waals surface area contributed by atoms with E-state index in [1.807, 2.05) is 66.7 Å². The Balaban J connectivity index is 0.00000304. The predicted octanol–water partition coefficient (Wildman–Crippen LogP) is 2.09. The maximum absolute atomic E-state index is 13.7. The van der Waals surface area contributed by atoms with E-state index in [0.717, 1.165) is 41.8 Å². The van der Waals surface area contributed by atoms with Crippen LogP contribution in [0.4, 0.5) is 4.39 Å². The molecule has 2 N–H and O–H groups in total. The third-order valence-electron chi connectivity index (χ3n) is 7.70. The highest BCUT2D eigenvalue weighted by atomic mass is 79.9. The lowest BCUT2D eigenvalue weighted by atomic mass is 9.64. The highest BCUT2D eigenvalue weighted by Crippen LogP contribution is 2.48. The minimum atomic E-state index is -0.879. The number of nitrogens with zero attached hydrogens (tertiary/aromatic N) is 2. The molecule has 1 aliphatic carbocycles. The summed E-state index contributed by atoms with van der Waals surface area (Å²) in [6.07, 6.45) is 6.89. The van der Waals surface area contributed by atoms with Gasteiger partial charge in [-0.2, -0.15) is 0 Å². The number of aromatic nitrogens is 2. The number of carbonyl (C=O) groups excluding carboxylic acids is 1. The Bertz CT molecular complexity index is 1280. The summed E-state index contributed by atoms with van der Waals surface area (Å²) < 4.78 is 18.1. The standard InChI is InChI=1S/C30H30FN3O.BrH/c1-22-33(21-23-9-8-14-27(31)19-23)17-18-34(22)28-16-15-26(20-28)30(29(32)35,24-10-4-2-5-11-24)25-12-6-3-7-13-25;/h2-14,17-19,26,28H,15-16,20-21H2,1H3,(H-,32,35);1H/t26-,28+;/m1./s1. The number of benzene rings is 3. The zero-order valence-corrected chi connectivity index (χ0v) is 21.9. The van der Waals surface area contributed by atoms with Crippen molar-refractivity contribution >= 4 is 5.91 Å². The molecular weight excluding hydrogens is 517 g/mol. The summed E-state index contributed by atoms with van der Waals surface area (Å²) in [6.45, 7) is 2.72. The van der Waals surface area contributed by atoms with Crippen LogP contribution >= 0.6 is 0 Å². The molecule has 1 fully saturated rings. The molecule has 6 heteroatoms. The molecule has 0 unspecified atom stereocenters. The van der Waals surface area contributed by atoms with Gasteiger partial charge in [-0.1, -0.05) is 72.8 Å². The van der Waals surface area contributed by atoms with Crippen molar-refractivity contribution in [2.45, 2.75) is 44.2 Å². The van der Waals surface area contributed by atoms with Crippen molar-refractivity contribution in [3.8, 4) is 0 Å². The minimum Gasteiger partial charge on any atom is -1.00 e. The first-order valence-electron chi connectivity index (χ1n) is 12.2. The monoisotopic (exact) mass is 547 g/mol. The maximum Gasteiger partial charge on any atom is 0.253 e. The maximum atomic E-state index is 13.7. The zero-order chi connectivity index (χ0) is 24.4. The van der Waals surface area contributed by atoms with E-state index >= 15 is 0 Å². The highest BCUT2D eigenvalue weighted by Gasteiger charge is 2.51. The average Bonchev–Trinajstić information content (AvgIpc) is 3.48. The van der Waals surface area contributed by atoms with Crippen molar-refractivity contribution in [1.82, 2.24) is 4.57 Å². The number of halogens is 2. The number of amides is 1. The Morgan fingerprint density at radius 2 is 1.64 bits per heavy atom. The van der Waals surface area contributed by atoms with Crippen molar-refractivity contribution in [3.05, 3.63) is 126 Å². The lowest BCUT2D eigenvalue weighted by molar-refractivity contribution is -0.727. The highest BCUT2D eigenvalue weighted by molar-refractivity contribution is 5.91. The van der Waals surface area contributed by atoms with Gasteiger partial charge in [0.05, 0.1) is 0 Å². The number of imidazole rings is 1. The SMILES string of the molecule is Cc1n(Cc2cccc(F)c2)cc[n+]1[C@H]1CC[C@@H](C(C(N)=O)(c2ccccc2)c2ccccc2)C1.[Br-]. The zero-order valence-electron chi connectivity index (χ0n) is 20.4. The van der Waals surface area contributed by atoms with Crippen molar-refractivity contribution in [1.29, 1.82) is 0 Å². The molecule has 1 aromatic heterocycles. The molecular formula is C30H31BrFN3O. The topological polar surface area (TPSA) is 51.9 Å². The van der Waals surface area contributed by atoms with Crippen molar-refractivity contribution in [2.75, 3.05) is 0 Å². The number of hydrogen-bond acceptors (Lipinski definition) is 1. The fourth-order valence-corrected chi connectivity index (χ4v) is 6.03. The van der Waals surface area contributed by atoms with Crippen LogP contribution < -0.4 is 27.3 Å². The molecule has 0 radical (unpaired) electrons. The molecule has 186 valence electrons. The van der Waals surface area contributed by atoms with Crippen LogP contribution in [0, 0.1) is 18.7 Å². The number of hydrogen-bond donors (Lipinski definition) is 1. The third-order valence-corrected chi connectivity index (χ3v) is 7.70. The van der Waals surface area contributed by atoms with Crippen LogP contribution in [0.3, 0.4) is 0 Å². The second kappa shape index (κ2) is 10.8. The average molecular weight is 549 g/mol. The summed E-state index contributed by atoms with van der Waals surface area (Å²) >= 11 is 0. The lowest BCUT2D eigenvalue weighted by Crippen LogP contribution is -3.00. The summed E-state index contributed by atoms with van der Waals surface area (Å²) in [5, 5.41) is 0. The van der Waals surface area contributed by atoms with Gasteiger partial charge >= 0.3 is 0 Å². The van der Waals surface area contributed by atoms with Crippen LogP contribution in [-0.2, 0) is 16.8 Å². The molecule has 1 saturated carbocycles. The minimum absolute atomic E-state index is 0. The van der Waals surface area contributed by atoms with Gasteiger partial charge in [0, 0.05) is 6.92 Å². The van der Waals surface area contributed by atoms with Crippen LogP contribution in [0.15, 0.2) is 97.3 Å². The van der Waals surface area contributed by atoms with E-state index < -0.39 is 5.41 Å². The van der Waals surface area contributed by atoms with Gasteiger partial charge in [-0.05, 0) is 54.0 Å². The Morgan fingerprint density at radius 1 is 1.00 bits per heavy atom. The van der Waals surface area contributed by atoms with Crippen LogP contribution in [-0.4, -0.2) is 10.5 Å². The molecule has 1 aliphatic rings. The normalized spacial score (nSPS) is 17.5. The summed E-state index contributed by atoms with van der Waals surface area (Å²) in [6, 6.07) is 27.0. The van der Waals surface area contributed by atoms with E-state index in [-0.39, 0.29) is 40.7 Å². The molecule has 1 heterocycles. The summed E-state index contributed by atoms with van der Waals surface area (Å²) in [5.41, 5.74) is 8.21. The second-order valence-electron chi connectivity index (χ2n) is 9.58. The van der Waals surface area contributed by atoms with E-state index in [4.69, 9.17) is 5.73 Å². The molecule has 2 atom stereocenters. The Labute approximate surface area is 222 Å². The summed E-state index contributed by atoms with van der Waals surface area (Å²) in [7, 11) is 0. The molecule has 0 bridgehead atoms. The fraction of sp³-hybridized carbons (Fsp3) is 0.267. The van der Waals surface area contributed by atoms with Crippen molar-refractivity contribution in [2.24, 2.45) is 11.7 Å². The molecule has 0 aliphatic heterocycles. The van der Waals surface area contributed by atoms with Crippen LogP contribution in [0.25, 0.3) is 0 Å². The molecule has 3 aromatic carbocycles. The summed E-state index contributed by atoms with van der Waals surface area (Å²) in [5.74, 6) is 0.673. The first kappa shape index (κ1) is 25.8. The van der Waals surface area contributed by atoms with Crippen LogP contribution in [0.5, 0.6) is 0 Å². The molecule has 4 aromatic rings. The van der Waals surface area contributed by atoms with Crippen molar-refractivity contribution in [3.63, 3.8) is 0 Å². The van der Waals surface area contributed by atoms with Gasteiger partial charge in [0.1, 0.15) is 36.2 Å². The molecule has 4 nitrogen and oxygen atoms in total. The fourth-order valence-electron chi connectivity index (χ4n) is 6.03. The lowest BCUT2D eigenvalue weighted by Gasteiger charge is -2.37. The smallest absolute Gasteiger partial charge is 0.253 e. The largest absolute Gasteiger partial charge is 1.00 e. The molecule has 5 rings (SSSR count). The van der Waals surface area contributed by atoms with E-state index in [9.17, 15) is 9.18 Å².